The number of hydrogen-bond acceptors (Lipinski definition) is 4. The maximum Gasteiger partial charge on any atom is 0.410 e. The zero-order chi connectivity index (χ0) is 20.7. The number of carboxylic acid groups (broad SMARTS) is 1. The Morgan fingerprint density at radius 1 is 1.00 bits per heavy atom. The Morgan fingerprint density at radius 3 is 2.30 bits per heavy atom. The van der Waals surface area contributed by atoms with E-state index in [4.69, 9.17) is 4.74 Å². The van der Waals surface area contributed by atoms with Gasteiger partial charge in [0.05, 0.1) is 6.04 Å². The van der Waals surface area contributed by atoms with E-state index in [2.05, 4.69) is 24.3 Å². The van der Waals surface area contributed by atoms with Crippen molar-refractivity contribution >= 4 is 23.4 Å². The normalized spacial score (nSPS) is 17.6. The van der Waals surface area contributed by atoms with Crippen molar-refractivity contribution in [2.75, 3.05) is 13.2 Å². The Morgan fingerprint density at radius 2 is 1.67 bits per heavy atom. The van der Waals surface area contributed by atoms with Gasteiger partial charge in [-0.2, -0.15) is 0 Å². The second kappa shape index (κ2) is 7.61. The zero-order valence-corrected chi connectivity index (χ0v) is 17.1. The molecule has 1 aliphatic heterocycles. The van der Waals surface area contributed by atoms with E-state index in [0.717, 1.165) is 17.7 Å². The van der Waals surface area contributed by atoms with Crippen molar-refractivity contribution in [3.63, 3.8) is 0 Å². The maximum absolute atomic E-state index is 12.9. The minimum absolute atomic E-state index is 0.0303. The van der Waals surface area contributed by atoms with Crippen LogP contribution < -0.4 is 0 Å². The van der Waals surface area contributed by atoms with Crippen LogP contribution in [-0.2, 0) is 4.74 Å². The smallest absolute Gasteiger partial charge is 0.410 e. The summed E-state index contributed by atoms with van der Waals surface area (Å²) in [5.41, 5.74) is 4.78. The molecule has 0 saturated carbocycles. The molecule has 1 atom stereocenters. The standard InChI is InChI=1S/C24H21NO4S/c26-23(27)22-12-11-21(30-22)20-10-5-13-25(20)24(28)29-14-19-17-8-3-1-6-15(17)16-7-2-4-9-18(16)19/h1-4,6-9,11-12,19-20H,5,10,13-14H2,(H,26,27)/t20-/m0/s1. The molecule has 5 nitrogen and oxygen atoms in total. The predicted molar refractivity (Wildman–Crippen MR) is 115 cm³/mol. The second-order valence-electron chi connectivity index (χ2n) is 7.66. The molecule has 3 aromatic rings. The third-order valence-corrected chi connectivity index (χ3v) is 7.16. The summed E-state index contributed by atoms with van der Waals surface area (Å²) in [7, 11) is 0. The molecule has 2 aliphatic rings. The minimum Gasteiger partial charge on any atom is -0.477 e. The van der Waals surface area contributed by atoms with E-state index in [1.54, 1.807) is 11.0 Å². The summed E-state index contributed by atoms with van der Waals surface area (Å²) in [6.45, 7) is 0.919. The van der Waals surface area contributed by atoms with Crippen molar-refractivity contribution in [3.8, 4) is 11.1 Å². The lowest BCUT2D eigenvalue weighted by Crippen LogP contribution is -2.31. The number of benzene rings is 2. The number of carbonyl (C=O) groups excluding carboxylic acids is 1. The van der Waals surface area contributed by atoms with Gasteiger partial charge in [-0.15, -0.1) is 11.3 Å². The molecule has 1 fully saturated rings. The van der Waals surface area contributed by atoms with Crippen LogP contribution in [0, 0.1) is 0 Å². The summed E-state index contributed by atoms with van der Waals surface area (Å²) in [5, 5.41) is 9.19. The van der Waals surface area contributed by atoms with Crippen LogP contribution in [0.1, 0.15) is 50.5 Å². The fourth-order valence-electron chi connectivity index (χ4n) is 4.60. The lowest BCUT2D eigenvalue weighted by atomic mass is 9.98. The maximum atomic E-state index is 12.9. The Hall–Kier alpha value is -3.12. The molecular formula is C24H21NO4S. The second-order valence-corrected chi connectivity index (χ2v) is 8.78. The number of carbonyl (C=O) groups is 2. The molecule has 1 aromatic heterocycles. The number of rotatable bonds is 4. The van der Waals surface area contributed by atoms with Gasteiger partial charge in [0, 0.05) is 17.3 Å². The first-order chi connectivity index (χ1) is 14.6. The molecule has 2 aromatic carbocycles. The number of aromatic carboxylic acids is 1. The summed E-state index contributed by atoms with van der Waals surface area (Å²) >= 11 is 1.24. The highest BCUT2D eigenvalue weighted by Gasteiger charge is 2.34. The Kier molecular flexibility index (Phi) is 4.79. The van der Waals surface area contributed by atoms with E-state index in [9.17, 15) is 14.7 Å². The van der Waals surface area contributed by atoms with E-state index in [1.807, 2.05) is 30.3 Å². The summed E-state index contributed by atoms with van der Waals surface area (Å²) in [5.74, 6) is -0.903. The van der Waals surface area contributed by atoms with Gasteiger partial charge in [0.2, 0.25) is 0 Å². The van der Waals surface area contributed by atoms with E-state index >= 15 is 0 Å². The largest absolute Gasteiger partial charge is 0.477 e. The summed E-state index contributed by atoms with van der Waals surface area (Å²) in [6, 6.07) is 19.9. The van der Waals surface area contributed by atoms with E-state index in [-0.39, 0.29) is 18.1 Å². The average Bonchev–Trinajstić information content (AvgIpc) is 3.49. The third kappa shape index (κ3) is 3.17. The first kappa shape index (κ1) is 18.9. The van der Waals surface area contributed by atoms with E-state index in [1.165, 1.54) is 33.6 Å². The van der Waals surface area contributed by atoms with Gasteiger partial charge >= 0.3 is 12.1 Å². The molecule has 5 rings (SSSR count). The van der Waals surface area contributed by atoms with E-state index < -0.39 is 5.97 Å². The summed E-state index contributed by atoms with van der Waals surface area (Å²) in [4.78, 5) is 27.1. The number of carboxylic acids is 1. The average molecular weight is 420 g/mol. The highest BCUT2D eigenvalue weighted by atomic mass is 32.1. The van der Waals surface area contributed by atoms with Gasteiger partial charge in [0.1, 0.15) is 11.5 Å². The fraction of sp³-hybridized carbons (Fsp3) is 0.250. The lowest BCUT2D eigenvalue weighted by Gasteiger charge is -2.24. The van der Waals surface area contributed by atoms with Gasteiger partial charge < -0.3 is 14.7 Å². The molecule has 0 unspecified atom stereocenters. The van der Waals surface area contributed by atoms with E-state index in [0.29, 0.717) is 18.0 Å². The van der Waals surface area contributed by atoms with Gasteiger partial charge in [-0.25, -0.2) is 9.59 Å². The molecule has 30 heavy (non-hydrogen) atoms. The molecule has 6 heteroatoms. The predicted octanol–water partition coefficient (Wildman–Crippen LogP) is 5.53. The molecule has 1 saturated heterocycles. The van der Waals surface area contributed by atoms with Gasteiger partial charge in [-0.3, -0.25) is 0 Å². The van der Waals surface area contributed by atoms with Crippen LogP contribution in [0.3, 0.4) is 0 Å². The van der Waals surface area contributed by atoms with Crippen molar-refractivity contribution in [3.05, 3.63) is 81.5 Å². The highest BCUT2D eigenvalue weighted by Crippen LogP contribution is 2.45. The number of ether oxygens (including phenoxy) is 1. The molecule has 152 valence electrons. The fourth-order valence-corrected chi connectivity index (χ4v) is 5.60. The summed E-state index contributed by atoms with van der Waals surface area (Å²) < 4.78 is 5.80. The first-order valence-corrected chi connectivity index (χ1v) is 10.9. The van der Waals surface area contributed by atoms with Crippen molar-refractivity contribution < 1.29 is 19.4 Å². The number of hydrogen-bond donors (Lipinski definition) is 1. The minimum atomic E-state index is -0.933. The van der Waals surface area contributed by atoms with Crippen LogP contribution in [-0.4, -0.2) is 35.2 Å². The molecule has 2 heterocycles. The van der Waals surface area contributed by atoms with Crippen LogP contribution in [0.15, 0.2) is 60.7 Å². The first-order valence-electron chi connectivity index (χ1n) is 10.1. The molecular weight excluding hydrogens is 398 g/mol. The van der Waals surface area contributed by atoms with Gasteiger partial charge in [0.15, 0.2) is 0 Å². The number of likely N-dealkylation sites (tertiary alicyclic amines) is 1. The molecule has 1 aliphatic carbocycles. The molecule has 1 N–H and O–H groups in total. The topological polar surface area (TPSA) is 66.8 Å². The number of nitrogens with zero attached hydrogens (tertiary/aromatic N) is 1. The molecule has 0 bridgehead atoms. The van der Waals surface area contributed by atoms with Gasteiger partial charge in [-0.05, 0) is 47.2 Å². The Bertz CT molecular complexity index is 1080. The van der Waals surface area contributed by atoms with Crippen molar-refractivity contribution in [2.45, 2.75) is 24.8 Å². The summed E-state index contributed by atoms with van der Waals surface area (Å²) in [6.07, 6.45) is 1.38. The quantitative estimate of drug-likeness (QED) is 0.604. The Labute approximate surface area is 178 Å². The number of thiophene rings is 1. The molecule has 0 spiro atoms. The number of amides is 1. The van der Waals surface area contributed by atoms with Crippen LogP contribution in [0.5, 0.6) is 0 Å². The van der Waals surface area contributed by atoms with Crippen LogP contribution in [0.2, 0.25) is 0 Å². The van der Waals surface area contributed by atoms with Crippen molar-refractivity contribution in [2.24, 2.45) is 0 Å². The van der Waals surface area contributed by atoms with Crippen molar-refractivity contribution in [1.29, 1.82) is 0 Å². The van der Waals surface area contributed by atoms with Gasteiger partial charge in [-0.1, -0.05) is 48.5 Å². The van der Waals surface area contributed by atoms with Crippen LogP contribution in [0.4, 0.5) is 4.79 Å². The Balaban J connectivity index is 1.33. The third-order valence-electron chi connectivity index (χ3n) is 5.99. The molecule has 1 amide bonds. The monoisotopic (exact) mass is 419 g/mol. The zero-order valence-electron chi connectivity index (χ0n) is 16.3. The van der Waals surface area contributed by atoms with Crippen molar-refractivity contribution in [1.82, 2.24) is 4.90 Å². The number of fused-ring (bicyclic) bond motifs is 3. The lowest BCUT2D eigenvalue weighted by molar-refractivity contribution is 0.0702. The highest BCUT2D eigenvalue weighted by molar-refractivity contribution is 7.14. The van der Waals surface area contributed by atoms with Crippen LogP contribution in [0.25, 0.3) is 11.1 Å². The van der Waals surface area contributed by atoms with Crippen LogP contribution >= 0.6 is 11.3 Å². The van der Waals surface area contributed by atoms with Gasteiger partial charge in [0.25, 0.3) is 0 Å². The molecule has 0 radical (unpaired) electrons. The SMILES string of the molecule is O=C(O)c1ccc([C@@H]2CCCN2C(=O)OCC2c3ccccc3-c3ccccc32)s1.